The summed E-state index contributed by atoms with van der Waals surface area (Å²) in [6.07, 6.45) is 0. The van der Waals surface area contributed by atoms with Gasteiger partial charge in [-0.25, -0.2) is 17.8 Å². The summed E-state index contributed by atoms with van der Waals surface area (Å²) in [5.74, 6) is -0.465. The Morgan fingerprint density at radius 1 is 1.09 bits per heavy atom. The molecule has 0 saturated carbocycles. The van der Waals surface area contributed by atoms with E-state index in [9.17, 15) is 17.6 Å². The molecule has 1 N–H and O–H groups in total. The number of ether oxygens (including phenoxy) is 1. The van der Waals surface area contributed by atoms with Crippen LogP contribution in [0.25, 0.3) is 10.2 Å². The molecule has 0 unspecified atom stereocenters. The fraction of sp³-hybridized carbons (Fsp3) is 0.130. The predicted octanol–water partition coefficient (Wildman–Crippen LogP) is 4.59. The van der Waals surface area contributed by atoms with Crippen molar-refractivity contribution < 1.29 is 22.3 Å². The van der Waals surface area contributed by atoms with Crippen LogP contribution in [0.3, 0.4) is 0 Å². The van der Waals surface area contributed by atoms with Crippen LogP contribution in [0, 0.1) is 12.7 Å². The van der Waals surface area contributed by atoms with Gasteiger partial charge in [0.1, 0.15) is 11.6 Å². The second kappa shape index (κ2) is 9.16. The Hall–Kier alpha value is -3.50. The molecule has 1 amide bonds. The highest BCUT2D eigenvalue weighted by atomic mass is 32.2. The Balaban J connectivity index is 1.36. The third kappa shape index (κ3) is 5.12. The van der Waals surface area contributed by atoms with E-state index in [-0.39, 0.29) is 17.4 Å². The maximum atomic E-state index is 13.1. The number of nitrogens with one attached hydrogen (secondary N) is 1. The monoisotopic (exact) mass is 485 g/mol. The molecule has 4 rings (SSSR count). The van der Waals surface area contributed by atoms with Gasteiger partial charge in [-0.05, 0) is 73.2 Å². The molecule has 1 heterocycles. The van der Waals surface area contributed by atoms with Crippen molar-refractivity contribution >= 4 is 48.3 Å². The Bertz CT molecular complexity index is 1400. The van der Waals surface area contributed by atoms with E-state index in [1.807, 2.05) is 25.1 Å². The maximum absolute atomic E-state index is 13.1. The Morgan fingerprint density at radius 3 is 2.48 bits per heavy atom. The van der Waals surface area contributed by atoms with Crippen molar-refractivity contribution in [2.24, 2.45) is 0 Å². The minimum absolute atomic E-state index is 0.0200. The van der Waals surface area contributed by atoms with Crippen LogP contribution >= 0.6 is 11.3 Å². The van der Waals surface area contributed by atoms with Crippen LogP contribution in [-0.2, 0) is 14.8 Å². The molecule has 0 radical (unpaired) electrons. The van der Waals surface area contributed by atoms with Gasteiger partial charge in [0.25, 0.3) is 15.9 Å². The van der Waals surface area contributed by atoms with Crippen LogP contribution in [0.5, 0.6) is 5.75 Å². The summed E-state index contributed by atoms with van der Waals surface area (Å²) in [4.78, 5) is 16.6. The highest BCUT2D eigenvalue weighted by molar-refractivity contribution is 7.92. The van der Waals surface area contributed by atoms with Gasteiger partial charge < -0.3 is 4.74 Å². The van der Waals surface area contributed by atoms with Crippen LogP contribution < -0.4 is 14.4 Å². The number of fused-ring (bicyclic) bond motifs is 1. The number of hydrogen-bond acceptors (Lipinski definition) is 6. The lowest BCUT2D eigenvalue weighted by Gasteiger charge is -2.19. The summed E-state index contributed by atoms with van der Waals surface area (Å²) in [5.41, 5.74) is 2.32. The van der Waals surface area contributed by atoms with Crippen molar-refractivity contribution in [1.82, 2.24) is 4.98 Å². The first-order valence-electron chi connectivity index (χ1n) is 9.87. The molecule has 7 nitrogen and oxygen atoms in total. The highest BCUT2D eigenvalue weighted by Gasteiger charge is 2.21. The molecule has 0 aliphatic carbocycles. The molecule has 0 fully saturated rings. The van der Waals surface area contributed by atoms with Gasteiger partial charge in [-0.1, -0.05) is 17.4 Å². The van der Waals surface area contributed by atoms with Crippen molar-refractivity contribution in [2.75, 3.05) is 23.3 Å². The Labute approximate surface area is 194 Å². The topological polar surface area (TPSA) is 88.6 Å². The van der Waals surface area contributed by atoms with Crippen LogP contribution in [0.2, 0.25) is 0 Å². The second-order valence-corrected chi connectivity index (χ2v) is 10.2. The third-order valence-electron chi connectivity index (χ3n) is 4.83. The molecule has 0 aliphatic rings. The van der Waals surface area contributed by atoms with Crippen molar-refractivity contribution in [3.8, 4) is 5.75 Å². The number of rotatable bonds is 7. The third-order valence-corrected chi connectivity index (χ3v) is 7.57. The number of aryl methyl sites for hydroxylation is 1. The van der Waals surface area contributed by atoms with Gasteiger partial charge in [-0.15, -0.1) is 0 Å². The average Bonchev–Trinajstić information content (AvgIpc) is 3.19. The number of aromatic nitrogens is 1. The maximum Gasteiger partial charge on any atom is 0.264 e. The van der Waals surface area contributed by atoms with Gasteiger partial charge in [0.2, 0.25) is 0 Å². The van der Waals surface area contributed by atoms with Crippen LogP contribution in [0.4, 0.5) is 15.2 Å². The molecule has 0 aliphatic heterocycles. The molecule has 170 valence electrons. The van der Waals surface area contributed by atoms with Crippen LogP contribution in [0.15, 0.2) is 71.6 Å². The molecule has 0 atom stereocenters. The quantitative estimate of drug-likeness (QED) is 0.414. The van der Waals surface area contributed by atoms with Gasteiger partial charge in [-0.2, -0.15) is 0 Å². The fourth-order valence-corrected chi connectivity index (χ4v) is 5.22. The van der Waals surface area contributed by atoms with Crippen molar-refractivity contribution in [3.63, 3.8) is 0 Å². The average molecular weight is 486 g/mol. The number of thiazole rings is 1. The molecule has 4 aromatic rings. The predicted molar refractivity (Wildman–Crippen MR) is 127 cm³/mol. The summed E-state index contributed by atoms with van der Waals surface area (Å²) in [5, 5.41) is 3.21. The van der Waals surface area contributed by atoms with E-state index in [4.69, 9.17) is 4.74 Å². The van der Waals surface area contributed by atoms with Gasteiger partial charge in [0, 0.05) is 7.05 Å². The van der Waals surface area contributed by atoms with Gasteiger partial charge in [0.15, 0.2) is 11.7 Å². The molecule has 3 aromatic carbocycles. The number of anilines is 2. The smallest absolute Gasteiger partial charge is 0.264 e. The van der Waals surface area contributed by atoms with Crippen molar-refractivity contribution in [2.45, 2.75) is 11.8 Å². The number of benzene rings is 3. The first kappa shape index (κ1) is 22.7. The summed E-state index contributed by atoms with van der Waals surface area (Å²) in [6.45, 7) is 1.77. The van der Waals surface area contributed by atoms with Crippen LogP contribution in [0.1, 0.15) is 5.56 Å². The largest absolute Gasteiger partial charge is 0.484 e. The van der Waals surface area contributed by atoms with Crippen molar-refractivity contribution in [3.05, 3.63) is 78.1 Å². The van der Waals surface area contributed by atoms with E-state index in [2.05, 4.69) is 10.3 Å². The molecular formula is C23H20FN3O4S2. The SMILES string of the molecule is Cc1ccc2nc(NC(=O)COc3ccc(N(C)S(=O)(=O)c4ccc(F)cc4)cc3)sc2c1. The van der Waals surface area contributed by atoms with Crippen molar-refractivity contribution in [1.29, 1.82) is 0 Å². The Kier molecular flexibility index (Phi) is 6.30. The first-order valence-corrected chi connectivity index (χ1v) is 12.1. The minimum Gasteiger partial charge on any atom is -0.484 e. The summed E-state index contributed by atoms with van der Waals surface area (Å²) >= 11 is 1.39. The number of nitrogens with zero attached hydrogens (tertiary/aromatic N) is 2. The highest BCUT2D eigenvalue weighted by Crippen LogP contribution is 2.27. The molecule has 0 bridgehead atoms. The number of sulfonamides is 1. The lowest BCUT2D eigenvalue weighted by Crippen LogP contribution is -2.26. The lowest BCUT2D eigenvalue weighted by atomic mass is 10.2. The fourth-order valence-electron chi connectivity index (χ4n) is 3.05. The summed E-state index contributed by atoms with van der Waals surface area (Å²) in [6, 6.07) is 16.7. The zero-order valence-electron chi connectivity index (χ0n) is 17.8. The van der Waals surface area contributed by atoms with E-state index in [1.165, 1.54) is 30.5 Å². The molecule has 1 aromatic heterocycles. The molecular weight excluding hydrogens is 465 g/mol. The normalized spacial score (nSPS) is 11.4. The Morgan fingerprint density at radius 2 is 1.79 bits per heavy atom. The summed E-state index contributed by atoms with van der Waals surface area (Å²) < 4.78 is 46.1. The minimum atomic E-state index is -3.84. The number of carbonyl (C=O) groups is 1. The molecule has 33 heavy (non-hydrogen) atoms. The summed E-state index contributed by atoms with van der Waals surface area (Å²) in [7, 11) is -2.44. The molecule has 0 spiro atoms. The van der Waals surface area contributed by atoms with E-state index in [0.717, 1.165) is 32.2 Å². The van der Waals surface area contributed by atoms with Gasteiger partial charge in [-0.3, -0.25) is 14.4 Å². The molecule has 10 heteroatoms. The standard InChI is InChI=1S/C23H20FN3O4S2/c1-15-3-12-20-21(13-15)32-23(25-20)26-22(28)14-31-18-8-6-17(7-9-18)27(2)33(29,30)19-10-4-16(24)5-11-19/h3-13H,14H2,1-2H3,(H,25,26,28). The first-order chi connectivity index (χ1) is 15.7. The number of amides is 1. The van der Waals surface area contributed by atoms with E-state index >= 15 is 0 Å². The van der Waals surface area contributed by atoms with E-state index in [1.54, 1.807) is 24.3 Å². The molecule has 0 saturated heterocycles. The second-order valence-electron chi connectivity index (χ2n) is 7.25. The number of carbonyl (C=O) groups excluding carboxylic acids is 1. The number of hydrogen-bond donors (Lipinski definition) is 1. The number of halogens is 1. The zero-order valence-corrected chi connectivity index (χ0v) is 19.4. The van der Waals surface area contributed by atoms with Gasteiger partial charge in [0.05, 0.1) is 20.8 Å². The van der Waals surface area contributed by atoms with Crippen LogP contribution in [-0.4, -0.2) is 33.0 Å². The lowest BCUT2D eigenvalue weighted by molar-refractivity contribution is -0.118. The van der Waals surface area contributed by atoms with E-state index in [0.29, 0.717) is 16.6 Å². The zero-order chi connectivity index (χ0) is 23.6. The van der Waals surface area contributed by atoms with Gasteiger partial charge >= 0.3 is 0 Å². The van der Waals surface area contributed by atoms with E-state index < -0.39 is 15.8 Å².